The second-order valence-electron chi connectivity index (χ2n) is 6.47. The number of halogens is 1. The van der Waals surface area contributed by atoms with Gasteiger partial charge < -0.3 is 14.5 Å². The van der Waals surface area contributed by atoms with Gasteiger partial charge in [-0.3, -0.25) is 4.79 Å². The number of ether oxygens (including phenoxy) is 1. The zero-order valence-corrected chi connectivity index (χ0v) is 15.2. The largest absolute Gasteiger partial charge is 0.484 e. The number of nitrogens with zero attached hydrogens (tertiary/aromatic N) is 2. The molecule has 0 saturated carbocycles. The van der Waals surface area contributed by atoms with Crippen molar-refractivity contribution >= 4 is 17.2 Å². The van der Waals surface area contributed by atoms with Gasteiger partial charge in [-0.05, 0) is 61.0 Å². The summed E-state index contributed by atoms with van der Waals surface area (Å²) < 4.78 is 20.2. The Morgan fingerprint density at radius 3 is 2.79 bits per heavy atom. The van der Waals surface area contributed by atoms with Gasteiger partial charge in [0, 0.05) is 23.6 Å². The topological polar surface area (TPSA) is 55.6 Å². The molecule has 2 heterocycles. The summed E-state index contributed by atoms with van der Waals surface area (Å²) in [5, 5.41) is 2.80. The van der Waals surface area contributed by atoms with Gasteiger partial charge in [0.25, 0.3) is 5.91 Å². The number of carbonyl (C=O) groups is 1. The fourth-order valence-corrected chi connectivity index (χ4v) is 2.86. The third-order valence-electron chi connectivity index (χ3n) is 4.24. The number of hydrogen-bond donors (Lipinski definition) is 1. The van der Waals surface area contributed by atoms with E-state index in [2.05, 4.69) is 10.3 Å². The van der Waals surface area contributed by atoms with Crippen molar-refractivity contribution in [3.8, 4) is 17.0 Å². The molecule has 140 valence electrons. The SMILES string of the molecule is Cc1ccn2cc(-c3cccc(NC(=O)COc4ccc(F)cc4)c3)nc2c1. The highest BCUT2D eigenvalue weighted by molar-refractivity contribution is 5.92. The molecule has 6 heteroatoms. The molecule has 5 nitrogen and oxygen atoms in total. The molecule has 1 N–H and O–H groups in total. The fraction of sp³-hybridized carbons (Fsp3) is 0.0909. The first-order valence-electron chi connectivity index (χ1n) is 8.81. The molecule has 0 radical (unpaired) electrons. The lowest BCUT2D eigenvalue weighted by molar-refractivity contribution is -0.118. The van der Waals surface area contributed by atoms with Gasteiger partial charge in [-0.2, -0.15) is 0 Å². The van der Waals surface area contributed by atoms with Crippen molar-refractivity contribution in [2.24, 2.45) is 0 Å². The zero-order valence-electron chi connectivity index (χ0n) is 15.2. The van der Waals surface area contributed by atoms with Crippen molar-refractivity contribution < 1.29 is 13.9 Å². The number of hydrogen-bond acceptors (Lipinski definition) is 3. The van der Waals surface area contributed by atoms with Crippen LogP contribution in [0.5, 0.6) is 5.75 Å². The van der Waals surface area contributed by atoms with E-state index >= 15 is 0 Å². The van der Waals surface area contributed by atoms with Gasteiger partial charge >= 0.3 is 0 Å². The third kappa shape index (κ3) is 4.01. The number of fused-ring (bicyclic) bond motifs is 1. The molecule has 0 spiro atoms. The van der Waals surface area contributed by atoms with Crippen LogP contribution in [0, 0.1) is 12.7 Å². The summed E-state index contributed by atoms with van der Waals surface area (Å²) in [6.07, 6.45) is 3.92. The summed E-state index contributed by atoms with van der Waals surface area (Å²) >= 11 is 0. The monoisotopic (exact) mass is 375 g/mol. The van der Waals surface area contributed by atoms with E-state index in [0.717, 1.165) is 22.5 Å². The molecule has 28 heavy (non-hydrogen) atoms. The normalized spacial score (nSPS) is 10.8. The minimum atomic E-state index is -0.351. The van der Waals surface area contributed by atoms with E-state index in [1.54, 1.807) is 6.07 Å². The van der Waals surface area contributed by atoms with Gasteiger partial charge in [-0.15, -0.1) is 0 Å². The summed E-state index contributed by atoms with van der Waals surface area (Å²) in [7, 11) is 0. The molecule has 0 aliphatic heterocycles. The van der Waals surface area contributed by atoms with Gasteiger partial charge in [0.15, 0.2) is 6.61 Å². The molecule has 0 bridgehead atoms. The van der Waals surface area contributed by atoms with Gasteiger partial charge in [0.1, 0.15) is 17.2 Å². The number of rotatable bonds is 5. The van der Waals surface area contributed by atoms with E-state index in [4.69, 9.17) is 4.74 Å². The predicted molar refractivity (Wildman–Crippen MR) is 106 cm³/mol. The van der Waals surface area contributed by atoms with Gasteiger partial charge in [0.05, 0.1) is 5.69 Å². The minimum Gasteiger partial charge on any atom is -0.484 e. The van der Waals surface area contributed by atoms with Crippen LogP contribution in [-0.4, -0.2) is 21.9 Å². The number of anilines is 1. The first-order chi connectivity index (χ1) is 13.6. The lowest BCUT2D eigenvalue weighted by Gasteiger charge is -2.08. The number of amides is 1. The maximum atomic E-state index is 12.9. The van der Waals surface area contributed by atoms with Crippen molar-refractivity contribution in [2.45, 2.75) is 6.92 Å². The summed E-state index contributed by atoms with van der Waals surface area (Å²) in [5.41, 5.74) is 4.39. The number of imidazole rings is 1. The first-order valence-corrected chi connectivity index (χ1v) is 8.81. The van der Waals surface area contributed by atoms with Crippen LogP contribution >= 0.6 is 0 Å². The van der Waals surface area contributed by atoms with Crippen LogP contribution in [0.15, 0.2) is 73.1 Å². The Kier molecular flexibility index (Phi) is 4.76. The molecular weight excluding hydrogens is 357 g/mol. The van der Waals surface area contributed by atoms with E-state index in [0.29, 0.717) is 11.4 Å². The average molecular weight is 375 g/mol. The van der Waals surface area contributed by atoms with Crippen LogP contribution in [0.3, 0.4) is 0 Å². The van der Waals surface area contributed by atoms with Crippen LogP contribution in [0.1, 0.15) is 5.56 Å². The molecule has 0 aliphatic rings. The molecule has 2 aromatic heterocycles. The molecule has 0 saturated heterocycles. The van der Waals surface area contributed by atoms with Crippen LogP contribution in [-0.2, 0) is 4.79 Å². The molecule has 4 rings (SSSR count). The smallest absolute Gasteiger partial charge is 0.262 e. The number of nitrogens with one attached hydrogen (secondary N) is 1. The molecule has 1 amide bonds. The van der Waals surface area contributed by atoms with E-state index < -0.39 is 0 Å². The fourth-order valence-electron chi connectivity index (χ4n) is 2.86. The van der Waals surface area contributed by atoms with Crippen molar-refractivity contribution in [2.75, 3.05) is 11.9 Å². The van der Waals surface area contributed by atoms with E-state index in [9.17, 15) is 9.18 Å². The highest BCUT2D eigenvalue weighted by Gasteiger charge is 2.08. The third-order valence-corrected chi connectivity index (χ3v) is 4.24. The average Bonchev–Trinajstić information content (AvgIpc) is 3.11. The Hall–Kier alpha value is -3.67. The van der Waals surface area contributed by atoms with Crippen LogP contribution < -0.4 is 10.1 Å². The van der Waals surface area contributed by atoms with Gasteiger partial charge in [-0.25, -0.2) is 9.37 Å². The quantitative estimate of drug-likeness (QED) is 0.560. The molecule has 0 fully saturated rings. The highest BCUT2D eigenvalue weighted by atomic mass is 19.1. The second-order valence-corrected chi connectivity index (χ2v) is 6.47. The minimum absolute atomic E-state index is 0.163. The molecular formula is C22H18FN3O2. The second kappa shape index (κ2) is 7.52. The van der Waals surface area contributed by atoms with Crippen LogP contribution in [0.2, 0.25) is 0 Å². The lowest BCUT2D eigenvalue weighted by Crippen LogP contribution is -2.20. The molecule has 2 aromatic carbocycles. The van der Waals surface area contributed by atoms with Crippen LogP contribution in [0.4, 0.5) is 10.1 Å². The van der Waals surface area contributed by atoms with Gasteiger partial charge in [0.2, 0.25) is 0 Å². The standard InChI is InChI=1S/C22H18FN3O2/c1-15-9-10-26-13-20(25-21(26)11-15)16-3-2-4-18(12-16)24-22(27)14-28-19-7-5-17(23)6-8-19/h2-13H,14H2,1H3,(H,24,27). The maximum Gasteiger partial charge on any atom is 0.262 e. The molecule has 0 unspecified atom stereocenters. The highest BCUT2D eigenvalue weighted by Crippen LogP contribution is 2.23. The Morgan fingerprint density at radius 2 is 1.96 bits per heavy atom. The zero-order chi connectivity index (χ0) is 19.5. The molecule has 4 aromatic rings. The van der Waals surface area contributed by atoms with E-state index in [-0.39, 0.29) is 18.3 Å². The summed E-state index contributed by atoms with van der Waals surface area (Å²) in [6, 6.07) is 17.0. The van der Waals surface area contributed by atoms with Crippen molar-refractivity contribution in [3.05, 3.63) is 84.4 Å². The summed E-state index contributed by atoms with van der Waals surface area (Å²) in [6.45, 7) is 1.86. The first kappa shape index (κ1) is 17.7. The van der Waals surface area contributed by atoms with Crippen molar-refractivity contribution in [3.63, 3.8) is 0 Å². The Balaban J connectivity index is 1.45. The van der Waals surface area contributed by atoms with Crippen molar-refractivity contribution in [1.29, 1.82) is 0 Å². The lowest BCUT2D eigenvalue weighted by atomic mass is 10.1. The van der Waals surface area contributed by atoms with E-state index in [1.165, 1.54) is 24.3 Å². The number of benzene rings is 2. The summed E-state index contributed by atoms with van der Waals surface area (Å²) in [5.74, 6) is -0.215. The number of aryl methyl sites for hydroxylation is 1. The molecule has 0 aliphatic carbocycles. The Morgan fingerprint density at radius 1 is 1.14 bits per heavy atom. The number of aromatic nitrogens is 2. The predicted octanol–water partition coefficient (Wildman–Crippen LogP) is 4.47. The maximum absolute atomic E-state index is 12.9. The van der Waals surface area contributed by atoms with Crippen LogP contribution in [0.25, 0.3) is 16.9 Å². The Bertz CT molecular complexity index is 1140. The van der Waals surface area contributed by atoms with Gasteiger partial charge in [-0.1, -0.05) is 12.1 Å². The van der Waals surface area contributed by atoms with Crippen molar-refractivity contribution in [1.82, 2.24) is 9.38 Å². The Labute approximate surface area is 161 Å². The molecule has 0 atom stereocenters. The number of pyridine rings is 1. The summed E-state index contributed by atoms with van der Waals surface area (Å²) in [4.78, 5) is 16.8. The van der Waals surface area contributed by atoms with E-state index in [1.807, 2.05) is 54.0 Å². The number of carbonyl (C=O) groups excluding carboxylic acids is 1.